The van der Waals surface area contributed by atoms with Gasteiger partial charge in [0.1, 0.15) is 0 Å². The number of thiazole rings is 1. The highest BCUT2D eigenvalue weighted by molar-refractivity contribution is 7.09. The number of hydrogen-bond acceptors (Lipinski definition) is 6. The number of carbonyl (C=O) groups is 1. The first kappa shape index (κ1) is 18.0. The summed E-state index contributed by atoms with van der Waals surface area (Å²) in [7, 11) is 3.46. The van der Waals surface area contributed by atoms with Crippen LogP contribution in [0.2, 0.25) is 0 Å². The largest absolute Gasteiger partial charge is 0.389 e. The summed E-state index contributed by atoms with van der Waals surface area (Å²) in [6, 6.07) is 0. The van der Waals surface area contributed by atoms with Crippen molar-refractivity contribution in [2.75, 3.05) is 40.4 Å². The van der Waals surface area contributed by atoms with E-state index in [-0.39, 0.29) is 5.91 Å². The molecule has 120 valence electrons. The van der Waals surface area contributed by atoms with Crippen molar-refractivity contribution in [1.29, 1.82) is 0 Å². The van der Waals surface area contributed by atoms with Crippen LogP contribution in [0.1, 0.15) is 17.0 Å². The highest BCUT2D eigenvalue weighted by Crippen LogP contribution is 2.12. The Kier molecular flexibility index (Phi) is 8.44. The van der Waals surface area contributed by atoms with E-state index in [9.17, 15) is 9.90 Å². The summed E-state index contributed by atoms with van der Waals surface area (Å²) in [6.07, 6.45) is 0.709. The lowest BCUT2D eigenvalue weighted by Crippen LogP contribution is -2.33. The van der Waals surface area contributed by atoms with Crippen LogP contribution >= 0.6 is 11.3 Å². The van der Waals surface area contributed by atoms with Crippen LogP contribution in [-0.2, 0) is 16.0 Å². The topological polar surface area (TPSA) is 74.7 Å². The summed E-state index contributed by atoms with van der Waals surface area (Å²) in [4.78, 5) is 18.3. The van der Waals surface area contributed by atoms with Gasteiger partial charge in [-0.05, 0) is 6.92 Å². The third-order valence-corrected chi connectivity index (χ3v) is 4.02. The lowest BCUT2D eigenvalue weighted by molar-refractivity contribution is -0.128. The van der Waals surface area contributed by atoms with Gasteiger partial charge in [0, 0.05) is 44.9 Å². The summed E-state index contributed by atoms with van der Waals surface area (Å²) in [5.74, 6) is 0.0770. The van der Waals surface area contributed by atoms with Crippen molar-refractivity contribution >= 4 is 17.2 Å². The average molecular weight is 315 g/mol. The second-order valence-corrected chi connectivity index (χ2v) is 6.02. The number of amides is 1. The Hall–Kier alpha value is -1.02. The van der Waals surface area contributed by atoms with E-state index in [1.165, 1.54) is 4.88 Å². The number of nitrogens with zero attached hydrogens (tertiary/aromatic N) is 2. The number of aliphatic hydroxyl groups excluding tert-OH is 1. The van der Waals surface area contributed by atoms with E-state index < -0.39 is 6.10 Å². The number of aryl methyl sites for hydroxylation is 1. The molecule has 0 spiro atoms. The van der Waals surface area contributed by atoms with Crippen LogP contribution in [0, 0.1) is 6.92 Å². The molecule has 1 aromatic heterocycles. The lowest BCUT2D eigenvalue weighted by Gasteiger charge is -2.13. The summed E-state index contributed by atoms with van der Waals surface area (Å²) in [6.45, 7) is 3.86. The van der Waals surface area contributed by atoms with Crippen LogP contribution in [0.25, 0.3) is 0 Å². The first-order chi connectivity index (χ1) is 10.0. The molecule has 0 saturated heterocycles. The maximum atomic E-state index is 11.3. The van der Waals surface area contributed by atoms with Gasteiger partial charge in [-0.1, -0.05) is 0 Å². The van der Waals surface area contributed by atoms with E-state index in [1.807, 2.05) is 12.4 Å². The Labute approximate surface area is 130 Å². The molecule has 0 aliphatic heterocycles. The molecule has 1 amide bonds. The minimum absolute atomic E-state index is 0.0770. The fourth-order valence-electron chi connectivity index (χ4n) is 1.70. The quantitative estimate of drug-likeness (QED) is 0.613. The Morgan fingerprint density at radius 2 is 2.33 bits per heavy atom. The normalized spacial score (nSPS) is 12.4. The first-order valence-corrected chi connectivity index (χ1v) is 7.94. The van der Waals surface area contributed by atoms with Crippen molar-refractivity contribution in [3.8, 4) is 0 Å². The van der Waals surface area contributed by atoms with Gasteiger partial charge in [0.2, 0.25) is 5.91 Å². The van der Waals surface area contributed by atoms with Crippen LogP contribution in [-0.4, -0.2) is 67.4 Å². The Morgan fingerprint density at radius 1 is 1.57 bits per heavy atom. The number of aromatic nitrogens is 1. The molecule has 0 aliphatic carbocycles. The van der Waals surface area contributed by atoms with Crippen molar-refractivity contribution in [3.05, 3.63) is 16.1 Å². The van der Waals surface area contributed by atoms with Crippen LogP contribution < -0.4 is 5.32 Å². The van der Waals surface area contributed by atoms with Crippen LogP contribution in [0.3, 0.4) is 0 Å². The molecule has 1 rings (SSSR count). The van der Waals surface area contributed by atoms with Gasteiger partial charge < -0.3 is 20.1 Å². The zero-order chi connectivity index (χ0) is 15.7. The monoisotopic (exact) mass is 315 g/mol. The van der Waals surface area contributed by atoms with Gasteiger partial charge in [0.25, 0.3) is 0 Å². The van der Waals surface area contributed by atoms with Gasteiger partial charge in [0.05, 0.1) is 30.5 Å². The van der Waals surface area contributed by atoms with Gasteiger partial charge in [-0.15, -0.1) is 11.3 Å². The maximum absolute atomic E-state index is 11.3. The van der Waals surface area contributed by atoms with Gasteiger partial charge in [-0.3, -0.25) is 4.79 Å². The van der Waals surface area contributed by atoms with Crippen LogP contribution in [0.15, 0.2) is 5.51 Å². The molecule has 1 atom stereocenters. The summed E-state index contributed by atoms with van der Waals surface area (Å²) in [5.41, 5.74) is 2.88. The lowest BCUT2D eigenvalue weighted by atomic mass is 10.3. The molecule has 1 unspecified atom stereocenters. The zero-order valence-corrected chi connectivity index (χ0v) is 13.8. The summed E-state index contributed by atoms with van der Waals surface area (Å²) >= 11 is 1.63. The van der Waals surface area contributed by atoms with Crippen molar-refractivity contribution in [3.63, 3.8) is 0 Å². The van der Waals surface area contributed by atoms with Crippen molar-refractivity contribution in [2.45, 2.75) is 25.9 Å². The molecule has 1 heterocycles. The van der Waals surface area contributed by atoms with E-state index >= 15 is 0 Å². The fourth-order valence-corrected chi connectivity index (χ4v) is 2.46. The van der Waals surface area contributed by atoms with Gasteiger partial charge >= 0.3 is 0 Å². The van der Waals surface area contributed by atoms with E-state index in [4.69, 9.17) is 4.74 Å². The predicted octanol–water partition coefficient (Wildman–Crippen LogP) is 0.439. The van der Waals surface area contributed by atoms with Crippen molar-refractivity contribution in [1.82, 2.24) is 15.2 Å². The van der Waals surface area contributed by atoms with Crippen molar-refractivity contribution < 1.29 is 14.6 Å². The first-order valence-electron chi connectivity index (χ1n) is 7.06. The highest BCUT2D eigenvalue weighted by atomic mass is 32.1. The second kappa shape index (κ2) is 9.83. The maximum Gasteiger partial charge on any atom is 0.223 e. The molecule has 0 radical (unpaired) electrons. The molecular weight excluding hydrogens is 290 g/mol. The van der Waals surface area contributed by atoms with E-state index in [1.54, 1.807) is 30.3 Å². The molecule has 1 aromatic rings. The molecule has 7 heteroatoms. The molecule has 0 fully saturated rings. The molecule has 0 aliphatic rings. The Balaban J connectivity index is 2.00. The smallest absolute Gasteiger partial charge is 0.223 e. The highest BCUT2D eigenvalue weighted by Gasteiger charge is 2.07. The summed E-state index contributed by atoms with van der Waals surface area (Å²) < 4.78 is 5.45. The Morgan fingerprint density at radius 3 is 2.95 bits per heavy atom. The Bertz CT molecular complexity index is 423. The number of hydrogen-bond donors (Lipinski definition) is 2. The predicted molar refractivity (Wildman–Crippen MR) is 83.6 cm³/mol. The minimum atomic E-state index is -0.554. The average Bonchev–Trinajstić information content (AvgIpc) is 2.85. The van der Waals surface area contributed by atoms with Crippen molar-refractivity contribution in [2.24, 2.45) is 0 Å². The van der Waals surface area contributed by atoms with Gasteiger partial charge in [0.15, 0.2) is 0 Å². The molecule has 0 bridgehead atoms. The molecule has 0 saturated carbocycles. The SMILES string of the molecule is Cc1ncsc1CCOCC(O)CNCCC(=O)N(C)C. The van der Waals surface area contributed by atoms with E-state index in [0.29, 0.717) is 32.7 Å². The molecule has 0 aromatic carbocycles. The number of nitrogens with one attached hydrogen (secondary N) is 1. The third kappa shape index (κ3) is 7.52. The zero-order valence-electron chi connectivity index (χ0n) is 13.0. The number of ether oxygens (including phenoxy) is 1. The van der Waals surface area contributed by atoms with E-state index in [2.05, 4.69) is 10.3 Å². The molecule has 21 heavy (non-hydrogen) atoms. The second-order valence-electron chi connectivity index (χ2n) is 5.08. The van der Waals surface area contributed by atoms with Crippen LogP contribution in [0.4, 0.5) is 0 Å². The number of carbonyl (C=O) groups excluding carboxylic acids is 1. The fraction of sp³-hybridized carbons (Fsp3) is 0.714. The number of aliphatic hydroxyl groups is 1. The number of rotatable bonds is 10. The minimum Gasteiger partial charge on any atom is -0.389 e. The van der Waals surface area contributed by atoms with E-state index in [0.717, 1.165) is 12.1 Å². The molecule has 6 nitrogen and oxygen atoms in total. The van der Waals surface area contributed by atoms with Gasteiger partial charge in [-0.2, -0.15) is 0 Å². The standard InChI is InChI=1S/C14H25N3O3S/c1-11-13(21-10-16-11)5-7-20-9-12(18)8-15-6-4-14(19)17(2)3/h10,12,15,18H,4-9H2,1-3H3. The van der Waals surface area contributed by atoms with Crippen LogP contribution in [0.5, 0.6) is 0 Å². The molecule has 2 N–H and O–H groups in total. The van der Waals surface area contributed by atoms with Gasteiger partial charge in [-0.25, -0.2) is 4.98 Å². The summed E-state index contributed by atoms with van der Waals surface area (Å²) in [5, 5.41) is 12.8. The third-order valence-electron chi connectivity index (χ3n) is 3.02. The molecular formula is C14H25N3O3S.